The fourth-order valence-corrected chi connectivity index (χ4v) is 5.30. The molecule has 144 valence electrons. The smallest absolute Gasteiger partial charge is 0.408 e. The zero-order chi connectivity index (χ0) is 20.1. The maximum Gasteiger partial charge on any atom is 0.408 e. The topological polar surface area (TPSA) is 55.4 Å². The van der Waals surface area contributed by atoms with Crippen LogP contribution in [0, 0.1) is 0 Å². The van der Waals surface area contributed by atoms with Gasteiger partial charge in [-0.3, -0.25) is 0 Å². The summed E-state index contributed by atoms with van der Waals surface area (Å²) in [7, 11) is -2.43. The van der Waals surface area contributed by atoms with Gasteiger partial charge in [-0.15, -0.1) is 0 Å². The van der Waals surface area contributed by atoms with Gasteiger partial charge < -0.3 is 14.8 Å². The van der Waals surface area contributed by atoms with Crippen molar-refractivity contribution in [3.05, 3.63) is 66.2 Å². The molecule has 1 N–H and O–H groups in total. The number of carbonyl (C=O) groups is 2. The molecule has 4 nitrogen and oxygen atoms in total. The quantitative estimate of drug-likeness (QED) is 0.771. The first-order valence-electron chi connectivity index (χ1n) is 9.23. The summed E-state index contributed by atoms with van der Waals surface area (Å²) >= 11 is 0. The number of hydrogen-bond donors (Lipinski definition) is 1. The van der Waals surface area contributed by atoms with E-state index in [0.29, 0.717) is 6.42 Å². The summed E-state index contributed by atoms with van der Waals surface area (Å²) in [4.78, 5) is 25.8. The van der Waals surface area contributed by atoms with Crippen molar-refractivity contribution in [1.82, 2.24) is 5.32 Å². The Balaban J connectivity index is 2.27. The van der Waals surface area contributed by atoms with E-state index in [2.05, 4.69) is 5.32 Å². The van der Waals surface area contributed by atoms with Crippen LogP contribution in [-0.2, 0) is 16.0 Å². The Morgan fingerprint density at radius 1 is 0.963 bits per heavy atom. The van der Waals surface area contributed by atoms with E-state index in [1.54, 1.807) is 0 Å². The summed E-state index contributed by atoms with van der Waals surface area (Å²) < 4.78 is 5.39. The molecule has 0 aromatic heterocycles. The standard InChI is InChI=1S/C22H29NO3Si/c1-22(2,3)26-21(25)23-19(16-17-12-8-6-9-13-17)20(24)27(4,5)18-14-10-7-11-15-18/h6-15,19H,16H2,1-5H3,(H,23,25)/t19-/m0/s1. The van der Waals surface area contributed by atoms with Gasteiger partial charge in [-0.1, -0.05) is 78.9 Å². The molecule has 0 heterocycles. The van der Waals surface area contributed by atoms with Gasteiger partial charge in [0, 0.05) is 0 Å². The lowest BCUT2D eigenvalue weighted by Crippen LogP contribution is -2.59. The van der Waals surface area contributed by atoms with Crippen molar-refractivity contribution in [2.75, 3.05) is 0 Å². The van der Waals surface area contributed by atoms with Crippen molar-refractivity contribution in [1.29, 1.82) is 0 Å². The van der Waals surface area contributed by atoms with Crippen LogP contribution in [0.3, 0.4) is 0 Å². The maximum absolute atomic E-state index is 13.5. The molecule has 0 saturated carbocycles. The molecule has 0 aliphatic heterocycles. The lowest BCUT2D eigenvalue weighted by molar-refractivity contribution is -0.114. The highest BCUT2D eigenvalue weighted by Crippen LogP contribution is 2.14. The van der Waals surface area contributed by atoms with E-state index in [1.165, 1.54) is 0 Å². The third kappa shape index (κ3) is 6.07. The highest BCUT2D eigenvalue weighted by atomic mass is 28.3. The molecule has 0 saturated heterocycles. The number of carbonyl (C=O) groups excluding carboxylic acids is 2. The van der Waals surface area contributed by atoms with Gasteiger partial charge in [0.2, 0.25) is 0 Å². The molecule has 0 unspecified atom stereocenters. The Bertz CT molecular complexity index is 767. The van der Waals surface area contributed by atoms with Crippen LogP contribution >= 0.6 is 0 Å². The van der Waals surface area contributed by atoms with Gasteiger partial charge in [-0.05, 0) is 32.8 Å². The molecule has 1 atom stereocenters. The summed E-state index contributed by atoms with van der Waals surface area (Å²) in [6, 6.07) is 19.0. The number of rotatable bonds is 6. The maximum atomic E-state index is 13.5. The molecule has 2 rings (SSSR count). The van der Waals surface area contributed by atoms with Gasteiger partial charge in [0.15, 0.2) is 8.07 Å². The molecule has 0 fully saturated rings. The minimum atomic E-state index is -2.43. The number of nitrogens with one attached hydrogen (secondary N) is 1. The molecule has 0 aliphatic carbocycles. The SMILES string of the molecule is CC(C)(C)OC(=O)N[C@@H](Cc1ccccc1)C(=O)[Si](C)(C)c1ccccc1. The molecule has 0 bridgehead atoms. The second kappa shape index (κ2) is 8.52. The third-order valence-electron chi connectivity index (χ3n) is 4.40. The Kier molecular flexibility index (Phi) is 6.60. The second-order valence-corrected chi connectivity index (χ2v) is 12.6. The Morgan fingerprint density at radius 2 is 1.48 bits per heavy atom. The largest absolute Gasteiger partial charge is 0.444 e. The minimum absolute atomic E-state index is 0.0865. The number of hydrogen-bond acceptors (Lipinski definition) is 3. The second-order valence-electron chi connectivity index (χ2n) is 8.24. The molecule has 0 aliphatic rings. The van der Waals surface area contributed by atoms with Crippen LogP contribution in [0.4, 0.5) is 4.79 Å². The average Bonchev–Trinajstić information content (AvgIpc) is 2.60. The van der Waals surface area contributed by atoms with E-state index in [-0.39, 0.29) is 5.41 Å². The molecule has 2 aromatic carbocycles. The van der Waals surface area contributed by atoms with Crippen molar-refractivity contribution in [2.24, 2.45) is 0 Å². The molecule has 0 radical (unpaired) electrons. The van der Waals surface area contributed by atoms with Gasteiger partial charge >= 0.3 is 6.09 Å². The van der Waals surface area contributed by atoms with Crippen molar-refractivity contribution < 1.29 is 14.3 Å². The molecule has 5 heteroatoms. The molecular formula is C22H29NO3Si. The summed E-state index contributed by atoms with van der Waals surface area (Å²) in [5, 5.41) is 3.96. The summed E-state index contributed by atoms with van der Waals surface area (Å²) in [5.74, 6) is 0. The predicted octanol–water partition coefficient (Wildman–Crippen LogP) is 3.85. The number of benzene rings is 2. The van der Waals surface area contributed by atoms with Gasteiger partial charge in [0.1, 0.15) is 11.0 Å². The number of amides is 1. The van der Waals surface area contributed by atoms with Gasteiger partial charge in [-0.2, -0.15) is 0 Å². The van der Waals surface area contributed by atoms with Crippen LogP contribution in [-0.4, -0.2) is 31.2 Å². The highest BCUT2D eigenvalue weighted by Gasteiger charge is 2.38. The summed E-state index contributed by atoms with van der Waals surface area (Å²) in [6.07, 6.45) is -0.114. The van der Waals surface area contributed by atoms with E-state index in [9.17, 15) is 9.59 Å². The highest BCUT2D eigenvalue weighted by molar-refractivity contribution is 7.13. The Labute approximate surface area is 163 Å². The van der Waals surface area contributed by atoms with Crippen molar-refractivity contribution >= 4 is 24.8 Å². The van der Waals surface area contributed by atoms with Gasteiger partial charge in [0.05, 0.1) is 6.04 Å². The summed E-state index contributed by atoms with van der Waals surface area (Å²) in [6.45, 7) is 9.48. The van der Waals surface area contributed by atoms with E-state index in [0.717, 1.165) is 10.8 Å². The van der Waals surface area contributed by atoms with Crippen LogP contribution < -0.4 is 10.5 Å². The van der Waals surface area contributed by atoms with E-state index in [1.807, 2.05) is 94.5 Å². The van der Waals surface area contributed by atoms with E-state index < -0.39 is 25.8 Å². The predicted molar refractivity (Wildman–Crippen MR) is 112 cm³/mol. The van der Waals surface area contributed by atoms with Crippen LogP contribution in [0.15, 0.2) is 60.7 Å². The summed E-state index contributed by atoms with van der Waals surface area (Å²) in [5.41, 5.74) is 0.390. The first-order chi connectivity index (χ1) is 12.6. The average molecular weight is 384 g/mol. The molecule has 0 spiro atoms. The van der Waals surface area contributed by atoms with Crippen molar-refractivity contribution in [2.45, 2.75) is 51.9 Å². The first-order valence-corrected chi connectivity index (χ1v) is 12.2. The monoisotopic (exact) mass is 383 g/mol. The minimum Gasteiger partial charge on any atom is -0.444 e. The fourth-order valence-electron chi connectivity index (χ4n) is 2.94. The van der Waals surface area contributed by atoms with E-state index >= 15 is 0 Å². The Hall–Kier alpha value is -2.40. The van der Waals surface area contributed by atoms with E-state index in [4.69, 9.17) is 4.74 Å². The van der Waals surface area contributed by atoms with Crippen molar-refractivity contribution in [3.8, 4) is 0 Å². The lowest BCUT2D eigenvalue weighted by atomic mass is 10.1. The fraction of sp³-hybridized carbons (Fsp3) is 0.364. The molecule has 2 aromatic rings. The molecule has 1 amide bonds. The lowest BCUT2D eigenvalue weighted by Gasteiger charge is -2.29. The zero-order valence-corrected chi connectivity index (χ0v) is 17.8. The Morgan fingerprint density at radius 3 is 2.00 bits per heavy atom. The van der Waals surface area contributed by atoms with Crippen LogP contribution in [0.25, 0.3) is 0 Å². The first kappa shape index (κ1) is 20.9. The number of ether oxygens (including phenoxy) is 1. The molecular weight excluding hydrogens is 354 g/mol. The van der Waals surface area contributed by atoms with Crippen LogP contribution in [0.2, 0.25) is 13.1 Å². The van der Waals surface area contributed by atoms with Crippen LogP contribution in [0.5, 0.6) is 0 Å². The van der Waals surface area contributed by atoms with Crippen LogP contribution in [0.1, 0.15) is 26.3 Å². The number of alkyl carbamates (subject to hydrolysis) is 1. The molecule has 27 heavy (non-hydrogen) atoms. The van der Waals surface area contributed by atoms with Gasteiger partial charge in [0.25, 0.3) is 0 Å². The third-order valence-corrected chi connectivity index (χ3v) is 7.76. The normalized spacial score (nSPS) is 12.9. The van der Waals surface area contributed by atoms with Crippen molar-refractivity contribution in [3.63, 3.8) is 0 Å². The van der Waals surface area contributed by atoms with Gasteiger partial charge in [-0.25, -0.2) is 4.79 Å². The zero-order valence-electron chi connectivity index (χ0n) is 16.8.